The second-order valence-electron chi connectivity index (χ2n) is 4.81. The first kappa shape index (κ1) is 14.2. The molecule has 6 nitrogen and oxygen atoms in total. The molecule has 2 rings (SSSR count). The highest BCUT2D eigenvalue weighted by Crippen LogP contribution is 2.31. The Morgan fingerprint density at radius 1 is 1.58 bits per heavy atom. The molecule has 1 unspecified atom stereocenters. The summed E-state index contributed by atoms with van der Waals surface area (Å²) in [6.45, 7) is 0.537. The van der Waals surface area contributed by atoms with Gasteiger partial charge in [0.15, 0.2) is 0 Å². The smallest absolute Gasteiger partial charge is 0.288 e. The monoisotopic (exact) mass is 328 g/mol. The molecule has 1 fully saturated rings. The van der Waals surface area contributed by atoms with Gasteiger partial charge in [0.25, 0.3) is 5.69 Å². The lowest BCUT2D eigenvalue weighted by Gasteiger charge is -2.24. The van der Waals surface area contributed by atoms with Crippen LogP contribution in [0.1, 0.15) is 25.7 Å². The van der Waals surface area contributed by atoms with E-state index in [-0.39, 0.29) is 11.7 Å². The maximum atomic E-state index is 10.7. The van der Waals surface area contributed by atoms with E-state index >= 15 is 0 Å². The Labute approximate surface area is 120 Å². The maximum absolute atomic E-state index is 10.7. The zero-order valence-corrected chi connectivity index (χ0v) is 12.1. The van der Waals surface area contributed by atoms with Crippen molar-refractivity contribution in [1.82, 2.24) is 4.98 Å². The lowest BCUT2D eigenvalue weighted by molar-refractivity contribution is -0.385. The standard InChI is InChI=1S/C12H17BrN4O2/c13-10-5-9(17(18)19)7-15-12(10)16-11(6-14)8-3-1-2-4-8/h5,7-8,11H,1-4,6,14H2,(H,15,16). The molecule has 0 saturated heterocycles. The molecule has 1 aliphatic rings. The van der Waals surface area contributed by atoms with Crippen molar-refractivity contribution in [3.8, 4) is 0 Å². The van der Waals surface area contributed by atoms with Crippen LogP contribution in [0.4, 0.5) is 11.5 Å². The SMILES string of the molecule is NCC(Nc1ncc([N+](=O)[O-])cc1Br)C1CCCC1. The number of pyridine rings is 1. The predicted molar refractivity (Wildman–Crippen MR) is 77.0 cm³/mol. The Kier molecular flexibility index (Phi) is 4.71. The zero-order valence-electron chi connectivity index (χ0n) is 10.5. The number of anilines is 1. The number of hydrogen-bond donors (Lipinski definition) is 2. The average molecular weight is 329 g/mol. The van der Waals surface area contributed by atoms with Crippen LogP contribution in [-0.2, 0) is 0 Å². The van der Waals surface area contributed by atoms with Crippen LogP contribution >= 0.6 is 15.9 Å². The van der Waals surface area contributed by atoms with Crippen LogP contribution in [0, 0.1) is 16.0 Å². The van der Waals surface area contributed by atoms with Crippen molar-refractivity contribution in [3.05, 3.63) is 26.9 Å². The molecule has 104 valence electrons. The molecule has 0 aromatic carbocycles. The summed E-state index contributed by atoms with van der Waals surface area (Å²) in [5, 5.41) is 14.0. The largest absolute Gasteiger partial charge is 0.365 e. The van der Waals surface area contributed by atoms with E-state index in [2.05, 4.69) is 26.2 Å². The van der Waals surface area contributed by atoms with E-state index in [1.54, 1.807) is 0 Å². The molecule has 0 spiro atoms. The number of nitrogens with zero attached hydrogens (tertiary/aromatic N) is 2. The fraction of sp³-hybridized carbons (Fsp3) is 0.583. The Balaban J connectivity index is 2.10. The number of halogens is 1. The Hall–Kier alpha value is -1.21. The van der Waals surface area contributed by atoms with Crippen LogP contribution in [0.2, 0.25) is 0 Å². The fourth-order valence-corrected chi connectivity index (χ4v) is 2.99. The lowest BCUT2D eigenvalue weighted by atomic mass is 9.98. The third kappa shape index (κ3) is 3.42. The number of rotatable bonds is 5. The zero-order chi connectivity index (χ0) is 13.8. The molecule has 19 heavy (non-hydrogen) atoms. The van der Waals surface area contributed by atoms with Gasteiger partial charge in [-0.25, -0.2) is 4.98 Å². The third-order valence-corrected chi connectivity index (χ3v) is 4.19. The van der Waals surface area contributed by atoms with Gasteiger partial charge in [-0.05, 0) is 34.7 Å². The van der Waals surface area contributed by atoms with Gasteiger partial charge in [0.1, 0.15) is 12.0 Å². The second kappa shape index (κ2) is 6.29. The molecular formula is C12H17BrN4O2. The highest BCUT2D eigenvalue weighted by molar-refractivity contribution is 9.10. The topological polar surface area (TPSA) is 94.1 Å². The van der Waals surface area contributed by atoms with Crippen LogP contribution in [-0.4, -0.2) is 22.5 Å². The molecular weight excluding hydrogens is 312 g/mol. The quantitative estimate of drug-likeness (QED) is 0.640. The lowest BCUT2D eigenvalue weighted by Crippen LogP contribution is -2.35. The van der Waals surface area contributed by atoms with Gasteiger partial charge in [0.05, 0.1) is 9.40 Å². The van der Waals surface area contributed by atoms with Crippen LogP contribution < -0.4 is 11.1 Å². The summed E-state index contributed by atoms with van der Waals surface area (Å²) < 4.78 is 0.596. The highest BCUT2D eigenvalue weighted by Gasteiger charge is 2.25. The van der Waals surface area contributed by atoms with E-state index in [1.807, 2.05) is 0 Å². The van der Waals surface area contributed by atoms with Crippen LogP contribution in [0.25, 0.3) is 0 Å². The van der Waals surface area contributed by atoms with E-state index in [0.717, 1.165) is 0 Å². The molecule has 1 aliphatic carbocycles. The first-order valence-corrected chi connectivity index (χ1v) is 7.17. The number of nitro groups is 1. The molecule has 0 aliphatic heterocycles. The summed E-state index contributed by atoms with van der Waals surface area (Å²) in [6, 6.07) is 1.63. The van der Waals surface area contributed by atoms with Gasteiger partial charge in [-0.3, -0.25) is 10.1 Å². The van der Waals surface area contributed by atoms with Crippen molar-refractivity contribution < 1.29 is 4.92 Å². The van der Waals surface area contributed by atoms with Gasteiger partial charge in [-0.1, -0.05) is 12.8 Å². The van der Waals surface area contributed by atoms with Crippen LogP contribution in [0.3, 0.4) is 0 Å². The van der Waals surface area contributed by atoms with Gasteiger partial charge < -0.3 is 11.1 Å². The van der Waals surface area contributed by atoms with Gasteiger partial charge in [-0.15, -0.1) is 0 Å². The Morgan fingerprint density at radius 2 is 2.26 bits per heavy atom. The number of hydrogen-bond acceptors (Lipinski definition) is 5. The first-order chi connectivity index (χ1) is 9.11. The molecule has 1 heterocycles. The number of nitrogens with two attached hydrogens (primary N) is 1. The Bertz CT molecular complexity index is 463. The fourth-order valence-electron chi connectivity index (χ4n) is 2.54. The van der Waals surface area contributed by atoms with Crippen molar-refractivity contribution in [2.24, 2.45) is 11.7 Å². The minimum absolute atomic E-state index is 0.0254. The molecule has 7 heteroatoms. The van der Waals surface area contributed by atoms with Crippen LogP contribution in [0.5, 0.6) is 0 Å². The Morgan fingerprint density at radius 3 is 2.79 bits per heavy atom. The number of aromatic nitrogens is 1. The molecule has 3 N–H and O–H groups in total. The maximum Gasteiger partial charge on any atom is 0.288 e. The summed E-state index contributed by atoms with van der Waals surface area (Å²) >= 11 is 3.31. The van der Waals surface area contributed by atoms with Gasteiger partial charge >= 0.3 is 0 Å². The summed E-state index contributed by atoms with van der Waals surface area (Å²) in [7, 11) is 0. The van der Waals surface area contributed by atoms with E-state index in [9.17, 15) is 10.1 Å². The molecule has 1 aromatic rings. The predicted octanol–water partition coefficient (Wildman–Crippen LogP) is 2.68. The molecule has 0 amide bonds. The first-order valence-electron chi connectivity index (χ1n) is 6.38. The average Bonchev–Trinajstić information content (AvgIpc) is 2.91. The van der Waals surface area contributed by atoms with Gasteiger partial charge in [0.2, 0.25) is 0 Å². The second-order valence-corrected chi connectivity index (χ2v) is 5.67. The van der Waals surface area contributed by atoms with E-state index in [1.165, 1.54) is 37.9 Å². The van der Waals surface area contributed by atoms with E-state index in [4.69, 9.17) is 5.73 Å². The minimum Gasteiger partial charge on any atom is -0.365 e. The van der Waals surface area contributed by atoms with Crippen molar-refractivity contribution >= 4 is 27.4 Å². The van der Waals surface area contributed by atoms with Gasteiger partial charge in [-0.2, -0.15) is 0 Å². The van der Waals surface area contributed by atoms with Gasteiger partial charge in [0, 0.05) is 18.7 Å². The molecule has 1 atom stereocenters. The number of nitrogens with one attached hydrogen (secondary N) is 1. The summed E-state index contributed by atoms with van der Waals surface area (Å²) in [5.74, 6) is 1.18. The van der Waals surface area contributed by atoms with E-state index < -0.39 is 4.92 Å². The summed E-state index contributed by atoms with van der Waals surface area (Å²) in [4.78, 5) is 14.3. The van der Waals surface area contributed by atoms with Crippen molar-refractivity contribution in [1.29, 1.82) is 0 Å². The van der Waals surface area contributed by atoms with Crippen molar-refractivity contribution in [2.75, 3.05) is 11.9 Å². The summed E-state index contributed by atoms with van der Waals surface area (Å²) in [6.07, 6.45) is 6.11. The van der Waals surface area contributed by atoms with Crippen molar-refractivity contribution in [2.45, 2.75) is 31.7 Å². The summed E-state index contributed by atoms with van der Waals surface area (Å²) in [5.41, 5.74) is 5.79. The third-order valence-electron chi connectivity index (χ3n) is 3.58. The van der Waals surface area contributed by atoms with E-state index in [0.29, 0.717) is 22.8 Å². The van der Waals surface area contributed by atoms with Crippen LogP contribution in [0.15, 0.2) is 16.7 Å². The molecule has 0 bridgehead atoms. The molecule has 1 aromatic heterocycles. The molecule has 0 radical (unpaired) electrons. The molecule has 1 saturated carbocycles. The normalized spacial score (nSPS) is 17.4. The minimum atomic E-state index is -0.459. The van der Waals surface area contributed by atoms with Crippen molar-refractivity contribution in [3.63, 3.8) is 0 Å². The highest BCUT2D eigenvalue weighted by atomic mass is 79.9.